The highest BCUT2D eigenvalue weighted by Gasteiger charge is 2.26. The number of methoxy groups -OCH3 is 2. The Hall–Kier alpha value is -1.94. The summed E-state index contributed by atoms with van der Waals surface area (Å²) in [7, 11) is 3.30. The second kappa shape index (κ2) is 11.9. The molecule has 0 aliphatic rings. The maximum Gasteiger partial charge on any atom is 0.191 e. The van der Waals surface area contributed by atoms with Crippen molar-refractivity contribution in [2.24, 2.45) is 4.99 Å². The minimum atomic E-state index is -1.17. The largest absolute Gasteiger partial charge is 0.497 e. The lowest BCUT2D eigenvalue weighted by Gasteiger charge is -2.20. The SMILES string of the molecule is CCNC(=NCC(C)(O)c1ccc(C)o1)NCCc1cc(OC)ccc1OC.I. The average molecular weight is 517 g/mol. The molecule has 162 valence electrons. The number of guanidine groups is 1. The van der Waals surface area contributed by atoms with Crippen LogP contribution in [0.5, 0.6) is 11.5 Å². The smallest absolute Gasteiger partial charge is 0.191 e. The molecule has 7 nitrogen and oxygen atoms in total. The van der Waals surface area contributed by atoms with Crippen molar-refractivity contribution in [1.29, 1.82) is 0 Å². The van der Waals surface area contributed by atoms with Crippen LogP contribution in [0, 0.1) is 6.92 Å². The molecule has 0 aliphatic carbocycles. The third-order valence-corrected chi connectivity index (χ3v) is 4.33. The number of nitrogens with one attached hydrogen (secondary N) is 2. The molecule has 1 atom stereocenters. The standard InChI is InChI=1S/C21H31N3O4.HI/c1-6-22-20(24-14-21(3,25)19-10-7-15(2)28-19)23-12-11-16-13-17(26-4)8-9-18(16)27-5;/h7-10,13,25H,6,11-12,14H2,1-5H3,(H2,22,23,24);1H. The highest BCUT2D eigenvalue weighted by molar-refractivity contribution is 14.0. The van der Waals surface area contributed by atoms with E-state index < -0.39 is 5.60 Å². The van der Waals surface area contributed by atoms with Crippen LogP contribution in [-0.2, 0) is 12.0 Å². The van der Waals surface area contributed by atoms with E-state index in [0.717, 1.165) is 35.8 Å². The molecule has 1 unspecified atom stereocenters. The Morgan fingerprint density at radius 1 is 1.17 bits per heavy atom. The number of hydrogen-bond donors (Lipinski definition) is 3. The first kappa shape index (κ1) is 25.1. The lowest BCUT2D eigenvalue weighted by Crippen LogP contribution is -2.39. The lowest BCUT2D eigenvalue weighted by atomic mass is 10.0. The van der Waals surface area contributed by atoms with E-state index in [4.69, 9.17) is 13.9 Å². The van der Waals surface area contributed by atoms with Crippen molar-refractivity contribution in [2.75, 3.05) is 33.9 Å². The Balaban J connectivity index is 0.00000420. The molecule has 0 bridgehead atoms. The van der Waals surface area contributed by atoms with Crippen LogP contribution in [0.4, 0.5) is 0 Å². The van der Waals surface area contributed by atoms with Crippen molar-refractivity contribution in [3.63, 3.8) is 0 Å². The fourth-order valence-electron chi connectivity index (χ4n) is 2.77. The van der Waals surface area contributed by atoms with Crippen molar-refractivity contribution in [3.05, 3.63) is 47.4 Å². The molecule has 0 saturated heterocycles. The second-order valence-electron chi connectivity index (χ2n) is 6.73. The molecular weight excluding hydrogens is 485 g/mol. The molecule has 0 aliphatic heterocycles. The summed E-state index contributed by atoms with van der Waals surface area (Å²) in [6.07, 6.45) is 0.735. The van der Waals surface area contributed by atoms with Gasteiger partial charge in [0.1, 0.15) is 28.6 Å². The van der Waals surface area contributed by atoms with Crippen LogP contribution in [0.2, 0.25) is 0 Å². The van der Waals surface area contributed by atoms with Gasteiger partial charge in [-0.25, -0.2) is 4.99 Å². The summed E-state index contributed by atoms with van der Waals surface area (Å²) in [6, 6.07) is 9.35. The van der Waals surface area contributed by atoms with E-state index in [0.29, 0.717) is 18.3 Å². The monoisotopic (exact) mass is 517 g/mol. The highest BCUT2D eigenvalue weighted by atomic mass is 127. The van der Waals surface area contributed by atoms with Crippen LogP contribution in [0.1, 0.15) is 30.9 Å². The van der Waals surface area contributed by atoms with Crippen LogP contribution < -0.4 is 20.1 Å². The number of halogens is 1. The van der Waals surface area contributed by atoms with E-state index in [1.54, 1.807) is 27.2 Å². The van der Waals surface area contributed by atoms with E-state index in [-0.39, 0.29) is 30.5 Å². The van der Waals surface area contributed by atoms with Gasteiger partial charge in [0.25, 0.3) is 0 Å². The molecule has 3 N–H and O–H groups in total. The number of hydrogen-bond acceptors (Lipinski definition) is 5. The maximum atomic E-state index is 10.7. The van der Waals surface area contributed by atoms with Gasteiger partial charge in [0.2, 0.25) is 0 Å². The van der Waals surface area contributed by atoms with Gasteiger partial charge in [-0.1, -0.05) is 0 Å². The quantitative estimate of drug-likeness (QED) is 0.269. The summed E-state index contributed by atoms with van der Waals surface area (Å²) in [5.74, 6) is 3.51. The van der Waals surface area contributed by atoms with Gasteiger partial charge in [0.15, 0.2) is 5.96 Å². The predicted molar refractivity (Wildman–Crippen MR) is 126 cm³/mol. The molecule has 0 radical (unpaired) electrons. The normalized spacial score (nSPS) is 13.2. The van der Waals surface area contributed by atoms with Crippen LogP contribution >= 0.6 is 24.0 Å². The van der Waals surface area contributed by atoms with Crippen LogP contribution in [0.3, 0.4) is 0 Å². The molecular formula is C21H32IN3O4. The fraction of sp³-hybridized carbons (Fsp3) is 0.476. The number of benzene rings is 1. The number of aliphatic hydroxyl groups is 1. The highest BCUT2D eigenvalue weighted by Crippen LogP contribution is 2.24. The average Bonchev–Trinajstić information content (AvgIpc) is 3.13. The van der Waals surface area contributed by atoms with E-state index >= 15 is 0 Å². The Morgan fingerprint density at radius 2 is 1.93 bits per heavy atom. The topological polar surface area (TPSA) is 88.3 Å². The molecule has 2 aromatic rings. The number of furan rings is 1. The summed E-state index contributed by atoms with van der Waals surface area (Å²) < 4.78 is 16.3. The number of aryl methyl sites for hydroxylation is 1. The van der Waals surface area contributed by atoms with Crippen molar-refractivity contribution in [3.8, 4) is 11.5 Å². The first-order valence-corrected chi connectivity index (χ1v) is 9.42. The molecule has 0 amide bonds. The Bertz CT molecular complexity index is 790. The number of ether oxygens (including phenoxy) is 2. The predicted octanol–water partition coefficient (Wildman–Crippen LogP) is 3.23. The molecule has 0 spiro atoms. The third kappa shape index (κ3) is 7.43. The molecule has 0 saturated carbocycles. The summed E-state index contributed by atoms with van der Waals surface area (Å²) in [5.41, 5.74) is -0.129. The zero-order valence-corrected chi connectivity index (χ0v) is 20.1. The first-order chi connectivity index (χ1) is 13.4. The van der Waals surface area contributed by atoms with E-state index in [2.05, 4.69) is 15.6 Å². The molecule has 1 aromatic carbocycles. The Morgan fingerprint density at radius 3 is 2.52 bits per heavy atom. The summed E-state index contributed by atoms with van der Waals surface area (Å²) in [4.78, 5) is 4.51. The molecule has 1 aromatic heterocycles. The molecule has 8 heteroatoms. The molecule has 0 fully saturated rings. The maximum absolute atomic E-state index is 10.7. The lowest BCUT2D eigenvalue weighted by molar-refractivity contribution is 0.0428. The van der Waals surface area contributed by atoms with Crippen LogP contribution in [-0.4, -0.2) is 44.9 Å². The van der Waals surface area contributed by atoms with Crippen LogP contribution in [0.25, 0.3) is 0 Å². The molecule has 1 heterocycles. The van der Waals surface area contributed by atoms with Crippen molar-refractivity contribution < 1.29 is 19.0 Å². The van der Waals surface area contributed by atoms with Gasteiger partial charge in [-0.15, -0.1) is 24.0 Å². The molecule has 29 heavy (non-hydrogen) atoms. The van der Waals surface area contributed by atoms with Gasteiger partial charge < -0.3 is 29.6 Å². The summed E-state index contributed by atoms with van der Waals surface area (Å²) in [6.45, 7) is 7.09. The fourth-order valence-corrected chi connectivity index (χ4v) is 2.77. The van der Waals surface area contributed by atoms with Gasteiger partial charge in [0, 0.05) is 13.1 Å². The van der Waals surface area contributed by atoms with Crippen molar-refractivity contribution >= 4 is 29.9 Å². The number of rotatable bonds is 9. The Kier molecular flexibility index (Phi) is 10.3. The van der Waals surface area contributed by atoms with Gasteiger partial charge >= 0.3 is 0 Å². The minimum Gasteiger partial charge on any atom is -0.497 e. The zero-order valence-electron chi connectivity index (χ0n) is 17.7. The van der Waals surface area contributed by atoms with Gasteiger partial charge in [0.05, 0.1) is 20.8 Å². The third-order valence-electron chi connectivity index (χ3n) is 4.33. The van der Waals surface area contributed by atoms with E-state index in [1.807, 2.05) is 38.1 Å². The molecule has 2 rings (SSSR count). The van der Waals surface area contributed by atoms with E-state index in [1.165, 1.54) is 0 Å². The Labute approximate surface area is 189 Å². The first-order valence-electron chi connectivity index (χ1n) is 9.42. The number of aliphatic imine (C=N–C) groups is 1. The van der Waals surface area contributed by atoms with E-state index in [9.17, 15) is 5.11 Å². The second-order valence-corrected chi connectivity index (χ2v) is 6.73. The number of nitrogens with zero attached hydrogens (tertiary/aromatic N) is 1. The van der Waals surface area contributed by atoms with Crippen LogP contribution in [0.15, 0.2) is 39.7 Å². The minimum absolute atomic E-state index is 0. The van der Waals surface area contributed by atoms with Crippen molar-refractivity contribution in [2.45, 2.75) is 32.8 Å². The van der Waals surface area contributed by atoms with Gasteiger partial charge in [-0.3, -0.25) is 0 Å². The summed E-state index contributed by atoms with van der Waals surface area (Å²) >= 11 is 0. The van der Waals surface area contributed by atoms with Crippen molar-refractivity contribution in [1.82, 2.24) is 10.6 Å². The van der Waals surface area contributed by atoms with Gasteiger partial charge in [-0.2, -0.15) is 0 Å². The van der Waals surface area contributed by atoms with Gasteiger partial charge in [-0.05, 0) is 63.1 Å². The zero-order chi connectivity index (χ0) is 20.6. The summed E-state index contributed by atoms with van der Waals surface area (Å²) in [5, 5.41) is 17.1.